The highest BCUT2D eigenvalue weighted by Crippen LogP contribution is 2.20. The van der Waals surface area contributed by atoms with Gasteiger partial charge in [-0.2, -0.15) is 4.68 Å². The van der Waals surface area contributed by atoms with Gasteiger partial charge in [-0.3, -0.25) is 9.69 Å². The summed E-state index contributed by atoms with van der Waals surface area (Å²) in [7, 11) is 1.81. The molecule has 1 amide bonds. The van der Waals surface area contributed by atoms with Gasteiger partial charge in [0.1, 0.15) is 0 Å². The van der Waals surface area contributed by atoms with Gasteiger partial charge in [0.25, 0.3) is 0 Å². The van der Waals surface area contributed by atoms with Crippen LogP contribution in [0, 0.1) is 18.6 Å². The van der Waals surface area contributed by atoms with Crippen LogP contribution in [-0.4, -0.2) is 44.2 Å². The van der Waals surface area contributed by atoms with Crippen LogP contribution in [0.3, 0.4) is 0 Å². The van der Waals surface area contributed by atoms with Crippen molar-refractivity contribution in [2.75, 3.05) is 18.9 Å². The lowest BCUT2D eigenvalue weighted by Gasteiger charge is -2.16. The Morgan fingerprint density at radius 3 is 2.68 bits per heavy atom. The first-order valence-electron chi connectivity index (χ1n) is 8.69. The van der Waals surface area contributed by atoms with E-state index in [1.807, 2.05) is 51.2 Å². The summed E-state index contributed by atoms with van der Waals surface area (Å²) in [5, 5.41) is 11.6. The maximum Gasteiger partial charge on any atom is 0.238 e. The van der Waals surface area contributed by atoms with E-state index in [-0.39, 0.29) is 12.5 Å². The normalized spacial score (nSPS) is 11.0. The lowest BCUT2D eigenvalue weighted by Crippen LogP contribution is -2.32. The lowest BCUT2D eigenvalue weighted by atomic mass is 10.1. The third-order valence-corrected chi connectivity index (χ3v) is 5.09. The number of carbonyl (C=O) groups is 1. The average molecular weight is 417 g/mol. The number of halogens is 1. The number of hydrogen-bond donors (Lipinski definition) is 1. The van der Waals surface area contributed by atoms with Gasteiger partial charge in [0.2, 0.25) is 10.7 Å². The van der Waals surface area contributed by atoms with Crippen LogP contribution in [0.1, 0.15) is 11.1 Å². The number of nitrogens with one attached hydrogen (secondary N) is 1. The quantitative estimate of drug-likeness (QED) is 0.622. The van der Waals surface area contributed by atoms with Gasteiger partial charge in [0, 0.05) is 0 Å². The topological polar surface area (TPSA) is 68.0 Å². The molecule has 0 bridgehead atoms. The number of likely N-dealkylation sites (N-methyl/N-ethyl adjacent to an activating group) is 1. The van der Waals surface area contributed by atoms with E-state index in [9.17, 15) is 4.79 Å². The molecule has 0 unspecified atom stereocenters. The van der Waals surface area contributed by atoms with Crippen molar-refractivity contribution < 1.29 is 4.79 Å². The zero-order valence-electron chi connectivity index (χ0n) is 15.9. The lowest BCUT2D eigenvalue weighted by molar-refractivity contribution is -0.117. The molecule has 7 nitrogen and oxygen atoms in total. The van der Waals surface area contributed by atoms with E-state index in [4.69, 9.17) is 23.8 Å². The highest BCUT2D eigenvalue weighted by molar-refractivity contribution is 7.71. The Hall–Kier alpha value is -2.55. The zero-order valence-corrected chi connectivity index (χ0v) is 17.5. The molecule has 146 valence electrons. The van der Waals surface area contributed by atoms with Crippen molar-refractivity contribution in [2.45, 2.75) is 20.5 Å². The molecule has 0 aliphatic heterocycles. The van der Waals surface area contributed by atoms with Crippen molar-refractivity contribution in [3.05, 3.63) is 63.4 Å². The summed E-state index contributed by atoms with van der Waals surface area (Å²) in [4.78, 5) is 14.1. The third kappa shape index (κ3) is 4.46. The largest absolute Gasteiger partial charge is 0.324 e. The van der Waals surface area contributed by atoms with Crippen LogP contribution >= 0.6 is 23.8 Å². The van der Waals surface area contributed by atoms with Crippen molar-refractivity contribution in [3.63, 3.8) is 0 Å². The fourth-order valence-corrected chi connectivity index (χ4v) is 3.17. The molecule has 1 aromatic heterocycles. The van der Waals surface area contributed by atoms with Crippen molar-refractivity contribution >= 4 is 35.4 Å². The Kier molecular flexibility index (Phi) is 6.23. The van der Waals surface area contributed by atoms with Crippen LogP contribution < -0.4 is 5.32 Å². The highest BCUT2D eigenvalue weighted by Gasteiger charge is 2.13. The molecule has 28 heavy (non-hydrogen) atoms. The minimum atomic E-state index is -0.177. The molecule has 0 radical (unpaired) electrons. The van der Waals surface area contributed by atoms with Crippen LogP contribution in [0.15, 0.2) is 42.5 Å². The molecule has 0 fully saturated rings. The number of para-hydroxylation sites is 1. The molecule has 0 saturated heterocycles. The monoisotopic (exact) mass is 416 g/mol. The number of nitrogens with zero attached hydrogens (tertiary/aromatic N) is 5. The number of carbonyl (C=O) groups excluding carboxylic acids is 1. The van der Waals surface area contributed by atoms with Crippen LogP contribution in [0.25, 0.3) is 5.69 Å². The van der Waals surface area contributed by atoms with E-state index >= 15 is 0 Å². The fraction of sp³-hybridized carbons (Fsp3) is 0.263. The molecule has 0 spiro atoms. The summed E-state index contributed by atoms with van der Waals surface area (Å²) >= 11 is 11.6. The predicted molar refractivity (Wildman–Crippen MR) is 112 cm³/mol. The summed E-state index contributed by atoms with van der Waals surface area (Å²) in [6.45, 7) is 4.55. The second kappa shape index (κ2) is 8.64. The molecule has 1 heterocycles. The summed E-state index contributed by atoms with van der Waals surface area (Å²) in [6, 6.07) is 13.1. The van der Waals surface area contributed by atoms with E-state index in [1.54, 1.807) is 26.4 Å². The molecule has 9 heteroatoms. The number of aryl methyl sites for hydroxylation is 1. The van der Waals surface area contributed by atoms with Gasteiger partial charge < -0.3 is 5.32 Å². The van der Waals surface area contributed by atoms with E-state index < -0.39 is 0 Å². The van der Waals surface area contributed by atoms with Crippen LogP contribution in [0.4, 0.5) is 5.69 Å². The Bertz CT molecular complexity index is 1060. The molecular weight excluding hydrogens is 396 g/mol. The molecule has 3 aromatic rings. The molecule has 0 aliphatic rings. The van der Waals surface area contributed by atoms with Gasteiger partial charge >= 0.3 is 0 Å². The number of aromatic nitrogens is 4. The van der Waals surface area contributed by atoms with Gasteiger partial charge in [0.15, 0.2) is 0 Å². The second-order valence-electron chi connectivity index (χ2n) is 6.58. The van der Waals surface area contributed by atoms with Crippen molar-refractivity contribution in [2.24, 2.45) is 0 Å². The SMILES string of the molecule is Cc1cccc(-n2nnn(CN(C)CC(=O)Nc3ccccc3Cl)c2=S)c1C. The smallest absolute Gasteiger partial charge is 0.238 e. The first-order valence-corrected chi connectivity index (χ1v) is 9.48. The Morgan fingerprint density at radius 1 is 1.18 bits per heavy atom. The van der Waals surface area contributed by atoms with Crippen LogP contribution in [-0.2, 0) is 11.5 Å². The second-order valence-corrected chi connectivity index (χ2v) is 7.35. The first-order chi connectivity index (χ1) is 13.4. The van der Waals surface area contributed by atoms with Gasteiger partial charge in [-0.1, -0.05) is 35.9 Å². The molecule has 0 atom stereocenters. The van der Waals surface area contributed by atoms with E-state index in [0.29, 0.717) is 22.1 Å². The van der Waals surface area contributed by atoms with E-state index in [0.717, 1.165) is 16.8 Å². The summed E-state index contributed by atoms with van der Waals surface area (Å²) < 4.78 is 3.68. The Balaban J connectivity index is 1.68. The minimum Gasteiger partial charge on any atom is -0.324 e. The number of tetrazole rings is 1. The fourth-order valence-electron chi connectivity index (χ4n) is 2.76. The number of rotatable bonds is 6. The Labute approximate surface area is 173 Å². The summed E-state index contributed by atoms with van der Waals surface area (Å²) in [5.41, 5.74) is 3.73. The van der Waals surface area contributed by atoms with Gasteiger partial charge in [-0.05, 0) is 72.9 Å². The first kappa shape index (κ1) is 20.2. The number of benzene rings is 2. The molecular formula is C19H21ClN6OS. The highest BCUT2D eigenvalue weighted by atomic mass is 35.5. The Morgan fingerprint density at radius 2 is 1.93 bits per heavy atom. The molecule has 1 N–H and O–H groups in total. The molecule has 0 saturated carbocycles. The van der Waals surface area contributed by atoms with Gasteiger partial charge in [-0.25, -0.2) is 4.68 Å². The standard InChI is InChI=1S/C19H21ClN6OS/c1-13-7-6-10-17(14(13)2)26-19(28)25(22-23-26)12-24(3)11-18(27)21-16-9-5-4-8-15(16)20/h4-10H,11-12H2,1-3H3,(H,21,27). The molecule has 2 aromatic carbocycles. The maximum absolute atomic E-state index is 12.3. The summed E-state index contributed by atoms with van der Waals surface area (Å²) in [6.07, 6.45) is 0. The van der Waals surface area contributed by atoms with Gasteiger partial charge in [-0.15, -0.1) is 0 Å². The van der Waals surface area contributed by atoms with E-state index in [1.165, 1.54) is 0 Å². The molecule has 0 aliphatic carbocycles. The predicted octanol–water partition coefficient (Wildman–Crippen LogP) is 3.60. The number of anilines is 1. The number of amides is 1. The minimum absolute atomic E-state index is 0.156. The average Bonchev–Trinajstić information content (AvgIpc) is 2.99. The maximum atomic E-state index is 12.3. The third-order valence-electron chi connectivity index (χ3n) is 4.38. The van der Waals surface area contributed by atoms with Crippen LogP contribution in [0.2, 0.25) is 5.02 Å². The van der Waals surface area contributed by atoms with Crippen molar-refractivity contribution in [1.82, 2.24) is 24.7 Å². The summed E-state index contributed by atoms with van der Waals surface area (Å²) in [5.74, 6) is -0.177. The molecule has 3 rings (SSSR count). The number of hydrogen-bond acceptors (Lipinski definition) is 5. The van der Waals surface area contributed by atoms with Crippen molar-refractivity contribution in [1.29, 1.82) is 0 Å². The van der Waals surface area contributed by atoms with Crippen LogP contribution in [0.5, 0.6) is 0 Å². The zero-order chi connectivity index (χ0) is 20.3. The van der Waals surface area contributed by atoms with E-state index in [2.05, 4.69) is 15.7 Å². The van der Waals surface area contributed by atoms with Crippen molar-refractivity contribution in [3.8, 4) is 5.69 Å². The van der Waals surface area contributed by atoms with Gasteiger partial charge in [0.05, 0.1) is 29.6 Å².